The highest BCUT2D eigenvalue weighted by Gasteiger charge is 2.22. The summed E-state index contributed by atoms with van der Waals surface area (Å²) in [4.78, 5) is 0. The maximum absolute atomic E-state index is 12.5. The van der Waals surface area contributed by atoms with Crippen molar-refractivity contribution in [2.45, 2.75) is 18.8 Å². The smallest absolute Gasteiger partial charge is 0.218 e. The van der Waals surface area contributed by atoms with Crippen LogP contribution in [0.3, 0.4) is 0 Å². The molecule has 24 heavy (non-hydrogen) atoms. The van der Waals surface area contributed by atoms with E-state index in [1.807, 2.05) is 19.1 Å². The molecule has 0 aromatic heterocycles. The molecule has 2 rings (SSSR count). The lowest BCUT2D eigenvalue weighted by Crippen LogP contribution is -2.32. The Labute approximate surface area is 143 Å². The second kappa shape index (κ2) is 7.79. The second-order valence-corrected chi connectivity index (χ2v) is 7.89. The van der Waals surface area contributed by atoms with Gasteiger partial charge in [-0.15, -0.1) is 0 Å². The fourth-order valence-corrected chi connectivity index (χ4v) is 3.52. The molecule has 0 aliphatic rings. The number of sulfonamides is 1. The number of aryl methyl sites for hydroxylation is 1. The van der Waals surface area contributed by atoms with Crippen LogP contribution in [0.4, 0.5) is 0 Å². The zero-order valence-corrected chi connectivity index (χ0v) is 15.0. The minimum absolute atomic E-state index is 0.0125. The molecule has 0 saturated carbocycles. The minimum Gasteiger partial charge on any atom is -0.497 e. The number of nitrogens with zero attached hydrogens (tertiary/aromatic N) is 1. The van der Waals surface area contributed by atoms with Gasteiger partial charge in [0.25, 0.3) is 0 Å². The second-order valence-electron chi connectivity index (χ2n) is 5.81. The van der Waals surface area contributed by atoms with E-state index in [0.29, 0.717) is 11.3 Å². The maximum atomic E-state index is 12.5. The summed E-state index contributed by atoms with van der Waals surface area (Å²) in [6, 6.07) is 14.4. The Morgan fingerprint density at radius 2 is 1.83 bits per heavy atom. The van der Waals surface area contributed by atoms with Gasteiger partial charge in [0.05, 0.1) is 19.0 Å². The van der Waals surface area contributed by atoms with Crippen molar-refractivity contribution >= 4 is 10.0 Å². The summed E-state index contributed by atoms with van der Waals surface area (Å²) in [7, 11) is -0.478. The third-order valence-electron chi connectivity index (χ3n) is 3.85. The van der Waals surface area contributed by atoms with Gasteiger partial charge < -0.3 is 9.84 Å². The predicted molar refractivity (Wildman–Crippen MR) is 94.4 cm³/mol. The molecule has 2 aromatic carbocycles. The lowest BCUT2D eigenvalue weighted by atomic mass is 10.1. The Bertz CT molecular complexity index is 772. The van der Waals surface area contributed by atoms with Gasteiger partial charge in [-0.3, -0.25) is 0 Å². The van der Waals surface area contributed by atoms with Gasteiger partial charge in [0.15, 0.2) is 0 Å². The van der Waals surface area contributed by atoms with Crippen LogP contribution in [-0.2, 0) is 15.8 Å². The van der Waals surface area contributed by atoms with E-state index in [4.69, 9.17) is 4.74 Å². The number of likely N-dealkylation sites (N-methyl/N-ethyl adjacent to an activating group) is 1. The molecular formula is C18H23NO4S. The first kappa shape index (κ1) is 18.4. The van der Waals surface area contributed by atoms with Gasteiger partial charge in [0.2, 0.25) is 10.0 Å². The van der Waals surface area contributed by atoms with Crippen molar-refractivity contribution in [3.05, 3.63) is 65.2 Å². The van der Waals surface area contributed by atoms with Crippen LogP contribution in [0.1, 0.15) is 22.8 Å². The summed E-state index contributed by atoms with van der Waals surface area (Å²) in [6.07, 6.45) is -0.919. The van der Waals surface area contributed by atoms with Crippen LogP contribution in [0, 0.1) is 6.92 Å². The van der Waals surface area contributed by atoms with Gasteiger partial charge >= 0.3 is 0 Å². The third-order valence-corrected chi connectivity index (χ3v) is 5.65. The molecule has 1 unspecified atom stereocenters. The lowest BCUT2D eigenvalue weighted by molar-refractivity contribution is 0.154. The van der Waals surface area contributed by atoms with Crippen LogP contribution in [-0.4, -0.2) is 38.5 Å². The molecule has 0 amide bonds. The first-order chi connectivity index (χ1) is 11.3. The van der Waals surface area contributed by atoms with Gasteiger partial charge in [-0.2, -0.15) is 0 Å². The molecule has 0 spiro atoms. The highest BCUT2D eigenvalue weighted by molar-refractivity contribution is 7.88. The molecular weight excluding hydrogens is 326 g/mol. The summed E-state index contributed by atoms with van der Waals surface area (Å²) >= 11 is 0. The normalized spacial score (nSPS) is 13.0. The number of rotatable bonds is 7. The van der Waals surface area contributed by atoms with E-state index in [0.717, 1.165) is 11.1 Å². The van der Waals surface area contributed by atoms with Crippen molar-refractivity contribution in [2.24, 2.45) is 0 Å². The zero-order valence-electron chi connectivity index (χ0n) is 14.1. The van der Waals surface area contributed by atoms with Gasteiger partial charge in [0, 0.05) is 13.6 Å². The number of aliphatic hydroxyl groups is 1. The highest BCUT2D eigenvalue weighted by atomic mass is 32.2. The van der Waals surface area contributed by atoms with E-state index in [2.05, 4.69) is 0 Å². The van der Waals surface area contributed by atoms with Crippen molar-refractivity contribution in [3.63, 3.8) is 0 Å². The van der Waals surface area contributed by atoms with E-state index in [1.54, 1.807) is 43.5 Å². The quantitative estimate of drug-likeness (QED) is 0.834. The van der Waals surface area contributed by atoms with Gasteiger partial charge in [-0.1, -0.05) is 42.0 Å². The van der Waals surface area contributed by atoms with E-state index >= 15 is 0 Å². The van der Waals surface area contributed by atoms with Gasteiger partial charge in [-0.05, 0) is 30.2 Å². The molecule has 0 radical (unpaired) electrons. The lowest BCUT2D eigenvalue weighted by Gasteiger charge is -2.21. The summed E-state index contributed by atoms with van der Waals surface area (Å²) < 4.78 is 31.2. The SMILES string of the molecule is COc1cccc(C(O)CN(C)S(=O)(=O)Cc2ccc(C)cc2)c1. The molecule has 0 bridgehead atoms. The first-order valence-electron chi connectivity index (χ1n) is 7.63. The predicted octanol–water partition coefficient (Wildman–Crippen LogP) is 2.50. The van der Waals surface area contributed by atoms with Crippen molar-refractivity contribution < 1.29 is 18.3 Å². The van der Waals surface area contributed by atoms with Crippen LogP contribution in [0.2, 0.25) is 0 Å². The summed E-state index contributed by atoms with van der Waals surface area (Å²) in [5.41, 5.74) is 2.42. The zero-order chi connectivity index (χ0) is 17.7. The average Bonchev–Trinajstić information content (AvgIpc) is 2.56. The monoisotopic (exact) mass is 349 g/mol. The number of hydrogen-bond acceptors (Lipinski definition) is 4. The molecule has 5 nitrogen and oxygen atoms in total. The van der Waals surface area contributed by atoms with Crippen molar-refractivity contribution in [1.82, 2.24) is 4.31 Å². The fourth-order valence-electron chi connectivity index (χ4n) is 2.32. The van der Waals surface area contributed by atoms with E-state index in [9.17, 15) is 13.5 Å². The van der Waals surface area contributed by atoms with E-state index in [-0.39, 0.29) is 12.3 Å². The van der Waals surface area contributed by atoms with Crippen LogP contribution < -0.4 is 4.74 Å². The van der Waals surface area contributed by atoms with Crippen LogP contribution >= 0.6 is 0 Å². The first-order valence-corrected chi connectivity index (χ1v) is 9.24. The summed E-state index contributed by atoms with van der Waals surface area (Å²) in [5.74, 6) is 0.533. The molecule has 130 valence electrons. The standard InChI is InChI=1S/C18H23NO4S/c1-14-7-9-15(10-8-14)13-24(21,22)19(2)12-18(20)16-5-4-6-17(11-16)23-3/h4-11,18,20H,12-13H2,1-3H3. The minimum atomic E-state index is -3.50. The maximum Gasteiger partial charge on any atom is 0.218 e. The number of hydrogen-bond donors (Lipinski definition) is 1. The Balaban J connectivity index is 2.06. The molecule has 1 N–H and O–H groups in total. The van der Waals surface area contributed by atoms with E-state index < -0.39 is 16.1 Å². The van der Waals surface area contributed by atoms with Gasteiger partial charge in [0.1, 0.15) is 5.75 Å². The molecule has 1 atom stereocenters. The number of ether oxygens (including phenoxy) is 1. The van der Waals surface area contributed by atoms with Crippen LogP contribution in [0.15, 0.2) is 48.5 Å². The van der Waals surface area contributed by atoms with Crippen LogP contribution in [0.25, 0.3) is 0 Å². The molecule has 6 heteroatoms. The molecule has 0 aliphatic heterocycles. The summed E-state index contributed by atoms with van der Waals surface area (Å²) in [6.45, 7) is 1.94. The van der Waals surface area contributed by atoms with Crippen molar-refractivity contribution in [2.75, 3.05) is 20.7 Å². The molecule has 0 fully saturated rings. The average molecular weight is 349 g/mol. The van der Waals surface area contributed by atoms with Crippen molar-refractivity contribution in [1.29, 1.82) is 0 Å². The Morgan fingerprint density at radius 1 is 1.17 bits per heavy atom. The molecule has 0 aliphatic carbocycles. The summed E-state index contributed by atoms with van der Waals surface area (Å²) in [5, 5.41) is 10.3. The molecule has 0 heterocycles. The van der Waals surface area contributed by atoms with Crippen molar-refractivity contribution in [3.8, 4) is 5.75 Å². The topological polar surface area (TPSA) is 66.8 Å². The number of methoxy groups -OCH3 is 1. The Kier molecular flexibility index (Phi) is 5.99. The Morgan fingerprint density at radius 3 is 2.46 bits per heavy atom. The molecule has 0 saturated heterocycles. The Hall–Kier alpha value is -1.89. The fraction of sp³-hybridized carbons (Fsp3) is 0.333. The largest absolute Gasteiger partial charge is 0.497 e. The molecule has 2 aromatic rings. The van der Waals surface area contributed by atoms with Crippen LogP contribution in [0.5, 0.6) is 5.75 Å². The third kappa shape index (κ3) is 4.80. The number of aliphatic hydroxyl groups excluding tert-OH is 1. The van der Waals surface area contributed by atoms with Gasteiger partial charge in [-0.25, -0.2) is 12.7 Å². The highest BCUT2D eigenvalue weighted by Crippen LogP contribution is 2.21. The van der Waals surface area contributed by atoms with E-state index in [1.165, 1.54) is 11.4 Å². The number of benzene rings is 2.